The van der Waals surface area contributed by atoms with Crippen LogP contribution in [0.2, 0.25) is 0 Å². The standard InChI is InChI=1S/C15H14N2O/c1-18-13-6-4-5-12(9-13)10-17-11-16-14-7-2-3-8-15(14)17/h2-9,11H,10H2,1H3. The first kappa shape index (κ1) is 10.8. The Hall–Kier alpha value is -2.29. The summed E-state index contributed by atoms with van der Waals surface area (Å²) < 4.78 is 7.38. The van der Waals surface area contributed by atoms with Crippen molar-refractivity contribution in [3.05, 3.63) is 60.4 Å². The van der Waals surface area contributed by atoms with Crippen LogP contribution >= 0.6 is 0 Å². The van der Waals surface area contributed by atoms with E-state index in [1.54, 1.807) is 7.11 Å². The molecular weight excluding hydrogens is 224 g/mol. The normalized spacial score (nSPS) is 10.7. The molecule has 0 atom stereocenters. The lowest BCUT2D eigenvalue weighted by atomic mass is 10.2. The van der Waals surface area contributed by atoms with E-state index in [2.05, 4.69) is 27.8 Å². The second-order valence-electron chi connectivity index (χ2n) is 4.21. The Morgan fingerprint density at radius 3 is 2.89 bits per heavy atom. The van der Waals surface area contributed by atoms with Gasteiger partial charge in [-0.1, -0.05) is 24.3 Å². The molecule has 0 radical (unpaired) electrons. The fourth-order valence-corrected chi connectivity index (χ4v) is 2.10. The Bertz CT molecular complexity index is 673. The molecule has 3 nitrogen and oxygen atoms in total. The van der Waals surface area contributed by atoms with E-state index in [0.29, 0.717) is 0 Å². The van der Waals surface area contributed by atoms with Gasteiger partial charge in [-0.3, -0.25) is 0 Å². The number of hydrogen-bond acceptors (Lipinski definition) is 2. The van der Waals surface area contributed by atoms with E-state index in [-0.39, 0.29) is 0 Å². The quantitative estimate of drug-likeness (QED) is 0.701. The van der Waals surface area contributed by atoms with Crippen molar-refractivity contribution < 1.29 is 4.74 Å². The van der Waals surface area contributed by atoms with Crippen molar-refractivity contribution in [1.29, 1.82) is 0 Å². The average Bonchev–Trinajstić information content (AvgIpc) is 2.83. The van der Waals surface area contributed by atoms with Gasteiger partial charge in [-0.15, -0.1) is 0 Å². The zero-order valence-corrected chi connectivity index (χ0v) is 10.2. The first-order chi connectivity index (χ1) is 8.86. The molecule has 0 spiro atoms. The zero-order chi connectivity index (χ0) is 12.4. The van der Waals surface area contributed by atoms with Gasteiger partial charge in [0.15, 0.2) is 0 Å². The summed E-state index contributed by atoms with van der Waals surface area (Å²) >= 11 is 0. The van der Waals surface area contributed by atoms with Crippen molar-refractivity contribution in [1.82, 2.24) is 9.55 Å². The van der Waals surface area contributed by atoms with Crippen molar-refractivity contribution >= 4 is 11.0 Å². The topological polar surface area (TPSA) is 27.1 Å². The highest BCUT2D eigenvalue weighted by Crippen LogP contribution is 2.17. The Balaban J connectivity index is 1.96. The van der Waals surface area contributed by atoms with E-state index in [1.807, 2.05) is 36.7 Å². The molecule has 3 heteroatoms. The second-order valence-corrected chi connectivity index (χ2v) is 4.21. The molecule has 0 aliphatic carbocycles. The van der Waals surface area contributed by atoms with Gasteiger partial charge in [-0.05, 0) is 29.8 Å². The first-order valence-electron chi connectivity index (χ1n) is 5.89. The van der Waals surface area contributed by atoms with Gasteiger partial charge in [0.2, 0.25) is 0 Å². The van der Waals surface area contributed by atoms with Crippen LogP contribution in [0.5, 0.6) is 5.75 Å². The summed E-state index contributed by atoms with van der Waals surface area (Å²) in [7, 11) is 1.69. The first-order valence-corrected chi connectivity index (χ1v) is 5.89. The van der Waals surface area contributed by atoms with Crippen molar-refractivity contribution in [3.63, 3.8) is 0 Å². The molecule has 0 amide bonds. The largest absolute Gasteiger partial charge is 0.497 e. The maximum absolute atomic E-state index is 5.24. The highest BCUT2D eigenvalue weighted by molar-refractivity contribution is 5.75. The average molecular weight is 238 g/mol. The number of nitrogens with zero attached hydrogens (tertiary/aromatic N) is 2. The third-order valence-electron chi connectivity index (χ3n) is 3.01. The number of fused-ring (bicyclic) bond motifs is 1. The van der Waals surface area contributed by atoms with Gasteiger partial charge < -0.3 is 9.30 Å². The van der Waals surface area contributed by atoms with Crippen LogP contribution in [-0.2, 0) is 6.54 Å². The van der Waals surface area contributed by atoms with Crippen LogP contribution in [0.3, 0.4) is 0 Å². The third kappa shape index (κ3) is 1.95. The number of hydrogen-bond donors (Lipinski definition) is 0. The van der Waals surface area contributed by atoms with Gasteiger partial charge in [-0.25, -0.2) is 4.98 Å². The van der Waals surface area contributed by atoms with Crippen LogP contribution in [0.4, 0.5) is 0 Å². The molecule has 90 valence electrons. The maximum Gasteiger partial charge on any atom is 0.119 e. The minimum absolute atomic E-state index is 0.803. The number of imidazole rings is 1. The third-order valence-corrected chi connectivity index (χ3v) is 3.01. The monoisotopic (exact) mass is 238 g/mol. The Morgan fingerprint density at radius 1 is 1.11 bits per heavy atom. The van der Waals surface area contributed by atoms with Crippen molar-refractivity contribution in [3.8, 4) is 5.75 Å². The minimum atomic E-state index is 0.803. The molecule has 0 unspecified atom stereocenters. The molecular formula is C15H14N2O. The van der Waals surface area contributed by atoms with E-state index in [4.69, 9.17) is 4.74 Å². The number of aromatic nitrogens is 2. The van der Waals surface area contributed by atoms with E-state index < -0.39 is 0 Å². The van der Waals surface area contributed by atoms with Crippen LogP contribution in [0.15, 0.2) is 54.9 Å². The summed E-state index contributed by atoms with van der Waals surface area (Å²) in [4.78, 5) is 4.39. The fourth-order valence-electron chi connectivity index (χ4n) is 2.10. The van der Waals surface area contributed by atoms with Crippen LogP contribution in [-0.4, -0.2) is 16.7 Å². The fraction of sp³-hybridized carbons (Fsp3) is 0.133. The highest BCUT2D eigenvalue weighted by Gasteiger charge is 2.02. The molecule has 0 saturated heterocycles. The van der Waals surface area contributed by atoms with Gasteiger partial charge >= 0.3 is 0 Å². The van der Waals surface area contributed by atoms with Crippen LogP contribution in [0, 0.1) is 0 Å². The van der Waals surface area contributed by atoms with Crippen LogP contribution < -0.4 is 4.74 Å². The molecule has 0 aliphatic heterocycles. The van der Waals surface area contributed by atoms with E-state index in [9.17, 15) is 0 Å². The zero-order valence-electron chi connectivity index (χ0n) is 10.2. The number of benzene rings is 2. The maximum atomic E-state index is 5.24. The lowest BCUT2D eigenvalue weighted by Crippen LogP contribution is -1.98. The summed E-state index contributed by atoms with van der Waals surface area (Å²) in [5.41, 5.74) is 3.39. The molecule has 3 aromatic rings. The SMILES string of the molecule is COc1cccc(Cn2cnc3ccccc32)c1. The van der Waals surface area contributed by atoms with Gasteiger partial charge in [0.25, 0.3) is 0 Å². The Morgan fingerprint density at radius 2 is 2.00 bits per heavy atom. The van der Waals surface area contributed by atoms with E-state index in [1.165, 1.54) is 5.56 Å². The van der Waals surface area contributed by atoms with Gasteiger partial charge in [-0.2, -0.15) is 0 Å². The Labute approximate surface area is 106 Å². The van der Waals surface area contributed by atoms with Crippen LogP contribution in [0.25, 0.3) is 11.0 Å². The molecule has 0 fully saturated rings. The molecule has 18 heavy (non-hydrogen) atoms. The highest BCUT2D eigenvalue weighted by atomic mass is 16.5. The molecule has 2 aromatic carbocycles. The molecule has 0 aliphatic rings. The molecule has 0 bridgehead atoms. The lowest BCUT2D eigenvalue weighted by Gasteiger charge is -2.06. The molecule has 0 saturated carbocycles. The smallest absolute Gasteiger partial charge is 0.119 e. The number of para-hydroxylation sites is 2. The van der Waals surface area contributed by atoms with Crippen LogP contribution in [0.1, 0.15) is 5.56 Å². The summed E-state index contributed by atoms with van der Waals surface area (Å²) in [5, 5.41) is 0. The van der Waals surface area contributed by atoms with Gasteiger partial charge in [0.1, 0.15) is 5.75 Å². The summed E-state index contributed by atoms with van der Waals surface area (Å²) in [6.45, 7) is 0.803. The molecule has 0 N–H and O–H groups in total. The second kappa shape index (κ2) is 4.53. The molecule has 3 rings (SSSR count). The summed E-state index contributed by atoms with van der Waals surface area (Å²) in [6, 6.07) is 16.3. The lowest BCUT2D eigenvalue weighted by molar-refractivity contribution is 0.414. The van der Waals surface area contributed by atoms with Crippen molar-refractivity contribution in [2.75, 3.05) is 7.11 Å². The van der Waals surface area contributed by atoms with Gasteiger partial charge in [0, 0.05) is 6.54 Å². The van der Waals surface area contributed by atoms with Crippen molar-refractivity contribution in [2.24, 2.45) is 0 Å². The molecule has 1 heterocycles. The van der Waals surface area contributed by atoms with E-state index >= 15 is 0 Å². The Kier molecular flexibility index (Phi) is 2.73. The number of methoxy groups -OCH3 is 1. The van der Waals surface area contributed by atoms with E-state index in [0.717, 1.165) is 23.3 Å². The minimum Gasteiger partial charge on any atom is -0.497 e. The molecule has 1 aromatic heterocycles. The number of rotatable bonds is 3. The van der Waals surface area contributed by atoms with Gasteiger partial charge in [0.05, 0.1) is 24.5 Å². The predicted octanol–water partition coefficient (Wildman–Crippen LogP) is 3.09. The summed E-state index contributed by atoms with van der Waals surface area (Å²) in [6.07, 6.45) is 1.88. The van der Waals surface area contributed by atoms with Crippen molar-refractivity contribution in [2.45, 2.75) is 6.54 Å². The predicted molar refractivity (Wildman–Crippen MR) is 71.8 cm³/mol. The number of ether oxygens (including phenoxy) is 1. The summed E-state index contributed by atoms with van der Waals surface area (Å²) in [5.74, 6) is 0.886.